The minimum absolute atomic E-state index is 0.0538. The lowest BCUT2D eigenvalue weighted by atomic mass is 10.0. The number of nitrogens with one attached hydrogen (secondary N) is 2. The van der Waals surface area contributed by atoms with Gasteiger partial charge in [-0.3, -0.25) is 9.69 Å². The van der Waals surface area contributed by atoms with Crippen LogP contribution in [0.5, 0.6) is 11.6 Å². The number of nitriles is 1. The third-order valence-corrected chi connectivity index (χ3v) is 7.86. The molecule has 0 saturated carbocycles. The van der Waals surface area contributed by atoms with Gasteiger partial charge in [-0.1, -0.05) is 0 Å². The third kappa shape index (κ3) is 5.63. The van der Waals surface area contributed by atoms with Crippen LogP contribution in [-0.2, 0) is 9.47 Å². The fourth-order valence-electron chi connectivity index (χ4n) is 5.64. The van der Waals surface area contributed by atoms with Crippen LogP contribution in [0.3, 0.4) is 0 Å². The Balaban J connectivity index is 1.21. The van der Waals surface area contributed by atoms with E-state index in [2.05, 4.69) is 31.2 Å². The molecule has 5 heterocycles. The molecule has 0 radical (unpaired) electrons. The van der Waals surface area contributed by atoms with Crippen LogP contribution in [-0.4, -0.2) is 103 Å². The number of fused-ring (bicyclic) bond motifs is 1. The Morgan fingerprint density at radius 2 is 1.95 bits per heavy atom. The Morgan fingerprint density at radius 1 is 1.15 bits per heavy atom. The molecule has 3 aliphatic heterocycles. The maximum Gasteiger partial charge on any atom is 0.256 e. The molecule has 0 aliphatic carbocycles. The number of anilines is 2. The number of likely N-dealkylation sites (tertiary alicyclic amines) is 1. The van der Waals surface area contributed by atoms with Crippen LogP contribution in [0.2, 0.25) is 0 Å². The second-order valence-corrected chi connectivity index (χ2v) is 10.3. The number of benzene rings is 1. The van der Waals surface area contributed by atoms with Crippen LogP contribution in [0, 0.1) is 17.1 Å². The molecule has 3 saturated heterocycles. The number of hydrogen-bond donors (Lipinski definition) is 2. The van der Waals surface area contributed by atoms with Gasteiger partial charge in [-0.2, -0.15) is 15.2 Å². The van der Waals surface area contributed by atoms with Crippen molar-refractivity contribution in [2.75, 3.05) is 65.0 Å². The first kappa shape index (κ1) is 27.2. The molecule has 3 fully saturated rings. The van der Waals surface area contributed by atoms with Crippen molar-refractivity contribution >= 4 is 28.6 Å². The van der Waals surface area contributed by atoms with E-state index in [-0.39, 0.29) is 40.8 Å². The number of nitrogens with zero attached hydrogens (tertiary/aromatic N) is 5. The van der Waals surface area contributed by atoms with Crippen molar-refractivity contribution in [3.63, 3.8) is 0 Å². The fraction of sp³-hybridized carbons (Fsp3) is 0.500. The van der Waals surface area contributed by atoms with Crippen molar-refractivity contribution in [1.82, 2.24) is 24.8 Å². The van der Waals surface area contributed by atoms with Gasteiger partial charge in [0.2, 0.25) is 11.8 Å². The van der Waals surface area contributed by atoms with Gasteiger partial charge >= 0.3 is 0 Å². The number of halogens is 1. The van der Waals surface area contributed by atoms with Gasteiger partial charge in [-0.05, 0) is 18.9 Å². The van der Waals surface area contributed by atoms with Gasteiger partial charge in [0.1, 0.15) is 29.4 Å². The lowest BCUT2D eigenvalue weighted by Gasteiger charge is -2.40. The van der Waals surface area contributed by atoms with Crippen molar-refractivity contribution in [1.29, 1.82) is 5.26 Å². The molecule has 3 aromatic rings. The molecule has 216 valence electrons. The molecule has 12 nitrogen and oxygen atoms in total. The first-order valence-electron chi connectivity index (χ1n) is 13.8. The van der Waals surface area contributed by atoms with Crippen molar-refractivity contribution in [2.24, 2.45) is 0 Å². The molecule has 2 aromatic heterocycles. The average molecular weight is 566 g/mol. The highest BCUT2D eigenvalue weighted by molar-refractivity contribution is 5.96. The van der Waals surface area contributed by atoms with Crippen LogP contribution in [0.4, 0.5) is 16.0 Å². The van der Waals surface area contributed by atoms with E-state index in [9.17, 15) is 10.1 Å². The number of ether oxygens (including phenoxy) is 4. The van der Waals surface area contributed by atoms with E-state index in [4.69, 9.17) is 18.9 Å². The number of aromatic nitrogens is 3. The molecule has 3 aliphatic rings. The summed E-state index contributed by atoms with van der Waals surface area (Å²) in [4.78, 5) is 29.3. The number of H-pyrrole nitrogens is 1. The summed E-state index contributed by atoms with van der Waals surface area (Å²) in [7, 11) is 1.45. The highest BCUT2D eigenvalue weighted by Crippen LogP contribution is 2.34. The largest absolute Gasteiger partial charge is 0.495 e. The molecule has 0 spiro atoms. The average Bonchev–Trinajstić information content (AvgIpc) is 3.67. The standard InChI is InChI=1S/C28H32FN7O5/c1-38-23-12-20(27(37)36-5-2-18(3-6-36)35-7-10-39-11-8-35)21(29)13-22(23)32-28-33-25-24(17(14-30)15-31-25)26(34-28)41-19-4-9-40-16-19/h12-13,15,18-19H,2-11,16H2,1H3,(H2,31,32,33,34)/t19-/m0/s1. The molecule has 41 heavy (non-hydrogen) atoms. The van der Waals surface area contributed by atoms with Crippen LogP contribution >= 0.6 is 0 Å². The summed E-state index contributed by atoms with van der Waals surface area (Å²) in [5, 5.41) is 13.0. The monoisotopic (exact) mass is 565 g/mol. The SMILES string of the molecule is COc1cc(C(=O)N2CCC(N3CCOCC3)CC2)c(F)cc1Nc1nc(O[C@H]2CCOC2)c2c(C#N)c[nH]c2n1. The predicted octanol–water partition coefficient (Wildman–Crippen LogP) is 2.83. The zero-order chi connectivity index (χ0) is 28.3. The molecule has 1 aromatic carbocycles. The maximum atomic E-state index is 15.4. The maximum absolute atomic E-state index is 15.4. The normalized spacial score (nSPS) is 20.2. The summed E-state index contributed by atoms with van der Waals surface area (Å²) in [5.74, 6) is -0.453. The highest BCUT2D eigenvalue weighted by atomic mass is 19.1. The van der Waals surface area contributed by atoms with E-state index in [1.165, 1.54) is 25.4 Å². The van der Waals surface area contributed by atoms with E-state index >= 15 is 4.39 Å². The van der Waals surface area contributed by atoms with E-state index < -0.39 is 5.82 Å². The molecule has 2 N–H and O–H groups in total. The number of hydrogen-bond acceptors (Lipinski definition) is 10. The number of morpholine rings is 1. The number of carbonyl (C=O) groups is 1. The topological polar surface area (TPSA) is 138 Å². The summed E-state index contributed by atoms with van der Waals surface area (Å²) in [5.41, 5.74) is 0.927. The van der Waals surface area contributed by atoms with Gasteiger partial charge in [-0.15, -0.1) is 0 Å². The van der Waals surface area contributed by atoms with Crippen molar-refractivity contribution in [2.45, 2.75) is 31.4 Å². The zero-order valence-electron chi connectivity index (χ0n) is 22.8. The smallest absolute Gasteiger partial charge is 0.256 e. The minimum Gasteiger partial charge on any atom is -0.495 e. The summed E-state index contributed by atoms with van der Waals surface area (Å²) >= 11 is 0. The van der Waals surface area contributed by atoms with Gasteiger partial charge in [0.05, 0.1) is 55.7 Å². The van der Waals surface area contributed by atoms with Crippen LogP contribution in [0.25, 0.3) is 11.0 Å². The Bertz CT molecular complexity index is 1450. The predicted molar refractivity (Wildman–Crippen MR) is 146 cm³/mol. The van der Waals surface area contributed by atoms with Gasteiger partial charge in [0.15, 0.2) is 0 Å². The highest BCUT2D eigenvalue weighted by Gasteiger charge is 2.30. The lowest BCUT2D eigenvalue weighted by molar-refractivity contribution is 0.00154. The Hall–Kier alpha value is -3.99. The fourth-order valence-corrected chi connectivity index (χ4v) is 5.64. The number of rotatable bonds is 7. The lowest BCUT2D eigenvalue weighted by Crippen LogP contribution is -2.50. The number of methoxy groups -OCH3 is 1. The van der Waals surface area contributed by atoms with Gasteiger partial charge in [0.25, 0.3) is 5.91 Å². The summed E-state index contributed by atoms with van der Waals surface area (Å²) in [6.45, 7) is 5.40. The van der Waals surface area contributed by atoms with E-state index in [1.54, 1.807) is 4.90 Å². The second-order valence-electron chi connectivity index (χ2n) is 10.3. The van der Waals surface area contributed by atoms with Crippen LogP contribution in [0.15, 0.2) is 18.3 Å². The van der Waals surface area contributed by atoms with Gasteiger partial charge in [-0.25, -0.2) is 4.39 Å². The number of aromatic amines is 1. The number of amides is 1. The van der Waals surface area contributed by atoms with E-state index in [0.717, 1.165) is 39.1 Å². The Morgan fingerprint density at radius 3 is 2.66 bits per heavy atom. The molecule has 6 rings (SSSR count). The summed E-state index contributed by atoms with van der Waals surface area (Å²) in [6.07, 6.45) is 3.70. The first-order valence-corrected chi connectivity index (χ1v) is 13.8. The molecule has 0 bridgehead atoms. The number of piperidine rings is 1. The molecular formula is C28H32FN7O5. The molecular weight excluding hydrogens is 533 g/mol. The number of carbonyl (C=O) groups excluding carboxylic acids is 1. The van der Waals surface area contributed by atoms with Crippen molar-refractivity contribution in [3.05, 3.63) is 35.3 Å². The molecule has 1 atom stereocenters. The summed E-state index contributed by atoms with van der Waals surface area (Å²) in [6, 6.07) is 5.14. The van der Waals surface area contributed by atoms with E-state index in [1.807, 2.05) is 0 Å². The Kier molecular flexibility index (Phi) is 7.86. The van der Waals surface area contributed by atoms with Crippen molar-refractivity contribution in [3.8, 4) is 17.7 Å². The first-order chi connectivity index (χ1) is 20.0. The quantitative estimate of drug-likeness (QED) is 0.440. The summed E-state index contributed by atoms with van der Waals surface area (Å²) < 4.78 is 37.8. The minimum atomic E-state index is -0.680. The molecule has 1 amide bonds. The van der Waals surface area contributed by atoms with Crippen LogP contribution in [0.1, 0.15) is 35.2 Å². The van der Waals surface area contributed by atoms with Crippen molar-refractivity contribution < 1.29 is 28.1 Å². The third-order valence-electron chi connectivity index (χ3n) is 7.86. The zero-order valence-corrected chi connectivity index (χ0v) is 22.8. The molecule has 13 heteroatoms. The molecule has 0 unspecified atom stereocenters. The van der Waals surface area contributed by atoms with Crippen LogP contribution < -0.4 is 14.8 Å². The second kappa shape index (κ2) is 11.9. The Labute approximate surface area is 236 Å². The van der Waals surface area contributed by atoms with Gasteiger partial charge < -0.3 is 34.1 Å². The van der Waals surface area contributed by atoms with Gasteiger partial charge in [0, 0.05) is 50.9 Å². The van der Waals surface area contributed by atoms with E-state index in [0.29, 0.717) is 55.4 Å².